The molecule has 2 aliphatic rings. The van der Waals surface area contributed by atoms with Crippen molar-refractivity contribution in [3.8, 4) is 0 Å². The summed E-state index contributed by atoms with van der Waals surface area (Å²) in [5, 5.41) is 4.43. The topological polar surface area (TPSA) is 41.8 Å². The van der Waals surface area contributed by atoms with Gasteiger partial charge in [0.1, 0.15) is 0 Å². The lowest BCUT2D eigenvalue weighted by Crippen LogP contribution is -2.67. The maximum absolute atomic E-state index is 6.08. The third-order valence-electron chi connectivity index (χ3n) is 5.43. The van der Waals surface area contributed by atoms with Gasteiger partial charge in [-0.15, -0.1) is 0 Å². The highest BCUT2D eigenvalue weighted by atomic mass is 35.5. The molecule has 2 fully saturated rings. The standard InChI is InChI=1S/C17H27ClN4O/c1-17(2)14(13-6-7-23-15(13)17)20-16(19-3)22(5)10-12-8-11(18)9-21(12)4/h8-9,13-15H,6-7,10H2,1-5H3,(H,19,20). The van der Waals surface area contributed by atoms with Gasteiger partial charge in [-0.1, -0.05) is 25.4 Å². The molecule has 3 atom stereocenters. The van der Waals surface area contributed by atoms with E-state index in [0.717, 1.165) is 36.2 Å². The van der Waals surface area contributed by atoms with Crippen LogP contribution >= 0.6 is 11.6 Å². The second-order valence-corrected chi connectivity index (χ2v) is 7.79. The molecule has 3 rings (SSSR count). The van der Waals surface area contributed by atoms with Crippen molar-refractivity contribution in [2.45, 2.75) is 39.0 Å². The molecule has 1 aliphatic heterocycles. The highest BCUT2D eigenvalue weighted by Gasteiger charge is 2.59. The fourth-order valence-electron chi connectivity index (χ4n) is 4.14. The number of halogens is 1. The largest absolute Gasteiger partial charge is 0.377 e. The van der Waals surface area contributed by atoms with Crippen molar-refractivity contribution >= 4 is 17.6 Å². The van der Waals surface area contributed by atoms with Crippen LogP contribution in [0.5, 0.6) is 0 Å². The van der Waals surface area contributed by atoms with Crippen LogP contribution in [0.3, 0.4) is 0 Å². The number of ether oxygens (including phenoxy) is 1. The lowest BCUT2D eigenvalue weighted by molar-refractivity contribution is -0.107. The summed E-state index contributed by atoms with van der Waals surface area (Å²) in [6.45, 7) is 6.21. The Kier molecular flexibility index (Phi) is 4.36. The Morgan fingerprint density at radius 1 is 1.57 bits per heavy atom. The number of rotatable bonds is 3. The van der Waals surface area contributed by atoms with Crippen molar-refractivity contribution in [3.05, 3.63) is 23.0 Å². The van der Waals surface area contributed by atoms with Gasteiger partial charge in [0.25, 0.3) is 0 Å². The molecule has 0 spiro atoms. The smallest absolute Gasteiger partial charge is 0.193 e. The normalized spacial score (nSPS) is 29.1. The minimum absolute atomic E-state index is 0.145. The molecule has 128 valence electrons. The van der Waals surface area contributed by atoms with Crippen LogP contribution in [0.15, 0.2) is 17.3 Å². The van der Waals surface area contributed by atoms with Crippen molar-refractivity contribution in [2.75, 3.05) is 20.7 Å². The zero-order chi connectivity index (χ0) is 16.8. The summed E-state index contributed by atoms with van der Waals surface area (Å²) in [6.07, 6.45) is 3.45. The summed E-state index contributed by atoms with van der Waals surface area (Å²) in [7, 11) is 5.91. The molecule has 5 nitrogen and oxygen atoms in total. The maximum atomic E-state index is 6.08. The number of aliphatic imine (C=N–C) groups is 1. The number of hydrogen-bond acceptors (Lipinski definition) is 2. The Labute approximate surface area is 143 Å². The summed E-state index contributed by atoms with van der Waals surface area (Å²) in [5.41, 5.74) is 1.31. The number of hydrogen-bond donors (Lipinski definition) is 1. The predicted molar refractivity (Wildman–Crippen MR) is 93.8 cm³/mol. The molecular weight excluding hydrogens is 312 g/mol. The Hall–Kier alpha value is -1.20. The molecule has 1 aliphatic carbocycles. The van der Waals surface area contributed by atoms with E-state index in [0.29, 0.717) is 18.1 Å². The zero-order valence-corrected chi connectivity index (χ0v) is 15.4. The van der Waals surface area contributed by atoms with E-state index in [-0.39, 0.29) is 5.41 Å². The minimum Gasteiger partial charge on any atom is -0.377 e. The van der Waals surface area contributed by atoms with Crippen molar-refractivity contribution in [3.63, 3.8) is 0 Å². The molecule has 1 aromatic rings. The van der Waals surface area contributed by atoms with Gasteiger partial charge in [0.05, 0.1) is 17.7 Å². The number of nitrogens with one attached hydrogen (secondary N) is 1. The van der Waals surface area contributed by atoms with Gasteiger partial charge >= 0.3 is 0 Å². The molecule has 6 heteroatoms. The van der Waals surface area contributed by atoms with E-state index in [1.165, 1.54) is 0 Å². The Bertz CT molecular complexity index is 610. The molecular formula is C17H27ClN4O. The van der Waals surface area contributed by atoms with E-state index >= 15 is 0 Å². The predicted octanol–water partition coefficient (Wildman–Crippen LogP) is 2.50. The van der Waals surface area contributed by atoms with Gasteiger partial charge in [-0.2, -0.15) is 0 Å². The summed E-state index contributed by atoms with van der Waals surface area (Å²) < 4.78 is 7.93. The minimum atomic E-state index is 0.145. The van der Waals surface area contributed by atoms with Gasteiger partial charge in [-0.25, -0.2) is 0 Å². The fraction of sp³-hybridized carbons (Fsp3) is 0.706. The highest BCUT2D eigenvalue weighted by molar-refractivity contribution is 6.30. The number of aryl methyl sites for hydroxylation is 1. The molecule has 0 aromatic carbocycles. The van der Waals surface area contributed by atoms with Gasteiger partial charge in [0.2, 0.25) is 0 Å². The van der Waals surface area contributed by atoms with Crippen molar-refractivity contribution in [1.82, 2.24) is 14.8 Å². The first-order valence-corrected chi connectivity index (χ1v) is 8.59. The third kappa shape index (κ3) is 2.85. The Balaban J connectivity index is 1.67. The molecule has 23 heavy (non-hydrogen) atoms. The van der Waals surface area contributed by atoms with Gasteiger partial charge in [0.15, 0.2) is 5.96 Å². The molecule has 1 aromatic heterocycles. The van der Waals surface area contributed by atoms with Crippen LogP contribution in [-0.4, -0.2) is 48.3 Å². The Morgan fingerprint density at radius 2 is 2.30 bits per heavy atom. The maximum Gasteiger partial charge on any atom is 0.193 e. The van der Waals surface area contributed by atoms with Crippen LogP contribution in [0.25, 0.3) is 0 Å². The number of nitrogens with zero attached hydrogens (tertiary/aromatic N) is 3. The highest BCUT2D eigenvalue weighted by Crippen LogP contribution is 2.52. The van der Waals surface area contributed by atoms with E-state index in [9.17, 15) is 0 Å². The van der Waals surface area contributed by atoms with Gasteiger partial charge < -0.3 is 19.5 Å². The van der Waals surface area contributed by atoms with E-state index in [1.807, 2.05) is 26.4 Å². The van der Waals surface area contributed by atoms with E-state index in [2.05, 4.69) is 40.7 Å². The quantitative estimate of drug-likeness (QED) is 0.680. The van der Waals surface area contributed by atoms with Crippen LogP contribution < -0.4 is 5.32 Å². The molecule has 1 N–H and O–H groups in total. The lowest BCUT2D eigenvalue weighted by atomic mass is 9.57. The zero-order valence-electron chi connectivity index (χ0n) is 14.6. The average Bonchev–Trinajstić information content (AvgIpc) is 3.05. The van der Waals surface area contributed by atoms with Crippen molar-refractivity contribution in [2.24, 2.45) is 23.4 Å². The molecule has 0 radical (unpaired) electrons. The molecule has 0 bridgehead atoms. The second-order valence-electron chi connectivity index (χ2n) is 7.35. The molecule has 0 amide bonds. The first kappa shape index (κ1) is 16.7. The van der Waals surface area contributed by atoms with Crippen LogP contribution in [-0.2, 0) is 18.3 Å². The fourth-order valence-corrected chi connectivity index (χ4v) is 4.42. The number of fused-ring (bicyclic) bond motifs is 1. The number of aromatic nitrogens is 1. The lowest BCUT2D eigenvalue weighted by Gasteiger charge is -2.55. The SMILES string of the molecule is CN=C(NC1C2CCOC2C1(C)C)N(C)Cc1cc(Cl)cn1C. The van der Waals surface area contributed by atoms with Crippen LogP contribution in [0.2, 0.25) is 5.02 Å². The van der Waals surface area contributed by atoms with Gasteiger partial charge in [-0.05, 0) is 12.5 Å². The van der Waals surface area contributed by atoms with Crippen molar-refractivity contribution < 1.29 is 4.74 Å². The molecule has 1 saturated carbocycles. The third-order valence-corrected chi connectivity index (χ3v) is 5.64. The summed E-state index contributed by atoms with van der Waals surface area (Å²) in [6, 6.07) is 2.41. The molecule has 2 heterocycles. The summed E-state index contributed by atoms with van der Waals surface area (Å²) >= 11 is 6.08. The van der Waals surface area contributed by atoms with E-state index < -0.39 is 0 Å². The van der Waals surface area contributed by atoms with Crippen molar-refractivity contribution in [1.29, 1.82) is 0 Å². The second kappa shape index (κ2) is 6.02. The number of guanidine groups is 1. The van der Waals surface area contributed by atoms with E-state index in [4.69, 9.17) is 16.3 Å². The van der Waals surface area contributed by atoms with Crippen LogP contribution in [0.1, 0.15) is 26.0 Å². The summed E-state index contributed by atoms with van der Waals surface area (Å²) in [5.74, 6) is 1.52. The van der Waals surface area contributed by atoms with Gasteiger partial charge in [-0.3, -0.25) is 4.99 Å². The molecule has 1 saturated heterocycles. The van der Waals surface area contributed by atoms with Gasteiger partial charge in [0, 0.05) is 57.0 Å². The first-order chi connectivity index (χ1) is 10.8. The van der Waals surface area contributed by atoms with Crippen LogP contribution in [0, 0.1) is 11.3 Å². The average molecular weight is 339 g/mol. The Morgan fingerprint density at radius 3 is 2.91 bits per heavy atom. The van der Waals surface area contributed by atoms with E-state index in [1.54, 1.807) is 0 Å². The molecule has 3 unspecified atom stereocenters. The monoisotopic (exact) mass is 338 g/mol. The van der Waals surface area contributed by atoms with Crippen LogP contribution in [0.4, 0.5) is 0 Å². The first-order valence-electron chi connectivity index (χ1n) is 8.21. The summed E-state index contributed by atoms with van der Waals surface area (Å²) in [4.78, 5) is 6.61.